The van der Waals surface area contributed by atoms with Gasteiger partial charge in [0.2, 0.25) is 10.0 Å². The van der Waals surface area contributed by atoms with Crippen LogP contribution >= 0.6 is 11.3 Å². The van der Waals surface area contributed by atoms with Gasteiger partial charge in [0.15, 0.2) is 0 Å². The van der Waals surface area contributed by atoms with E-state index in [4.69, 9.17) is 4.74 Å². The monoisotopic (exact) mass is 394 g/mol. The van der Waals surface area contributed by atoms with E-state index in [1.807, 2.05) is 21.7 Å². The summed E-state index contributed by atoms with van der Waals surface area (Å²) in [5.74, 6) is 0.0719. The lowest BCUT2D eigenvalue weighted by atomic mass is 10.1. The number of methoxy groups -OCH3 is 1. The topological polar surface area (TPSA) is 66.9 Å². The summed E-state index contributed by atoms with van der Waals surface area (Å²) in [5, 5.41) is 4.01. The van der Waals surface area contributed by atoms with Gasteiger partial charge in [-0.15, -0.1) is 0 Å². The van der Waals surface area contributed by atoms with Crippen LogP contribution < -0.4 is 4.74 Å². The van der Waals surface area contributed by atoms with Gasteiger partial charge in [0, 0.05) is 32.2 Å². The number of benzene rings is 1. The Kier molecular flexibility index (Phi) is 5.36. The van der Waals surface area contributed by atoms with Crippen molar-refractivity contribution in [3.63, 3.8) is 0 Å². The van der Waals surface area contributed by atoms with E-state index in [9.17, 15) is 13.2 Å². The summed E-state index contributed by atoms with van der Waals surface area (Å²) >= 11 is 1.60. The molecule has 140 valence electrons. The Bertz CT molecular complexity index is 888. The number of rotatable bonds is 7. The van der Waals surface area contributed by atoms with Crippen LogP contribution in [0.15, 0.2) is 39.9 Å². The van der Waals surface area contributed by atoms with Crippen molar-refractivity contribution in [3.8, 4) is 5.75 Å². The molecular weight excluding hydrogens is 372 g/mol. The van der Waals surface area contributed by atoms with Gasteiger partial charge >= 0.3 is 0 Å². The first-order chi connectivity index (χ1) is 12.3. The summed E-state index contributed by atoms with van der Waals surface area (Å²) in [4.78, 5) is 14.9. The average molecular weight is 395 g/mol. The van der Waals surface area contributed by atoms with Crippen LogP contribution in [0.3, 0.4) is 0 Å². The first-order valence-corrected chi connectivity index (χ1v) is 10.7. The number of amides is 1. The second-order valence-corrected chi connectivity index (χ2v) is 9.35. The zero-order chi connectivity index (χ0) is 18.9. The molecule has 1 aromatic heterocycles. The molecule has 3 rings (SSSR count). The van der Waals surface area contributed by atoms with E-state index in [2.05, 4.69) is 0 Å². The molecule has 1 fully saturated rings. The molecule has 0 spiro atoms. The largest absolute Gasteiger partial charge is 0.495 e. The van der Waals surface area contributed by atoms with Crippen LogP contribution in [0.1, 0.15) is 28.8 Å². The number of nitrogens with zero attached hydrogens (tertiary/aromatic N) is 2. The van der Waals surface area contributed by atoms with Gasteiger partial charge in [0.05, 0.1) is 7.11 Å². The molecule has 1 heterocycles. The SMILES string of the molecule is COc1ccc(C(=O)N(Cc2ccsc2)C2CC2)cc1S(=O)(=O)N(C)C. The number of carbonyl (C=O) groups is 1. The predicted molar refractivity (Wildman–Crippen MR) is 101 cm³/mol. The standard InChI is InChI=1S/C18H22N2O4S2/c1-19(2)26(22,23)17-10-14(4-7-16(17)24-3)18(21)20(15-5-6-15)11-13-8-9-25-12-13/h4,7-10,12,15H,5-6,11H2,1-3H3. The van der Waals surface area contributed by atoms with Crippen molar-refractivity contribution in [2.75, 3.05) is 21.2 Å². The van der Waals surface area contributed by atoms with Crippen LogP contribution in [0.2, 0.25) is 0 Å². The summed E-state index contributed by atoms with van der Waals surface area (Å²) in [7, 11) is 0.608. The normalized spacial score (nSPS) is 14.5. The van der Waals surface area contributed by atoms with Crippen molar-refractivity contribution in [1.29, 1.82) is 0 Å². The summed E-state index contributed by atoms with van der Waals surface area (Å²) in [6, 6.07) is 6.80. The second kappa shape index (κ2) is 7.38. The van der Waals surface area contributed by atoms with Crippen LogP contribution in [0, 0.1) is 0 Å². The van der Waals surface area contributed by atoms with Crippen molar-refractivity contribution >= 4 is 27.3 Å². The maximum absolute atomic E-state index is 13.1. The van der Waals surface area contributed by atoms with Gasteiger partial charge in [0.1, 0.15) is 10.6 Å². The number of thiophene rings is 1. The molecule has 26 heavy (non-hydrogen) atoms. The van der Waals surface area contributed by atoms with Crippen molar-refractivity contribution in [2.45, 2.75) is 30.3 Å². The second-order valence-electron chi connectivity index (χ2n) is 6.45. The Hall–Kier alpha value is -1.90. The van der Waals surface area contributed by atoms with Gasteiger partial charge in [-0.2, -0.15) is 11.3 Å². The number of sulfonamides is 1. The van der Waals surface area contributed by atoms with Crippen LogP contribution in [0.5, 0.6) is 5.75 Å². The lowest BCUT2D eigenvalue weighted by molar-refractivity contribution is 0.0730. The molecule has 0 atom stereocenters. The van der Waals surface area contributed by atoms with Gasteiger partial charge in [-0.05, 0) is 53.4 Å². The van der Waals surface area contributed by atoms with Crippen molar-refractivity contribution in [3.05, 3.63) is 46.2 Å². The highest BCUT2D eigenvalue weighted by Gasteiger charge is 2.34. The smallest absolute Gasteiger partial charge is 0.254 e. The first-order valence-electron chi connectivity index (χ1n) is 8.27. The zero-order valence-corrected chi connectivity index (χ0v) is 16.6. The molecule has 1 aliphatic rings. The highest BCUT2D eigenvalue weighted by molar-refractivity contribution is 7.89. The molecule has 0 radical (unpaired) electrons. The number of carbonyl (C=O) groups excluding carboxylic acids is 1. The zero-order valence-electron chi connectivity index (χ0n) is 15.0. The van der Waals surface area contributed by atoms with Crippen LogP contribution in [0.4, 0.5) is 0 Å². The van der Waals surface area contributed by atoms with Crippen molar-refractivity contribution in [2.24, 2.45) is 0 Å². The summed E-state index contributed by atoms with van der Waals surface area (Å²) in [6.45, 7) is 0.537. The third-order valence-corrected chi connectivity index (χ3v) is 6.92. The van der Waals surface area contributed by atoms with Gasteiger partial charge in [-0.25, -0.2) is 12.7 Å². The van der Waals surface area contributed by atoms with Crippen molar-refractivity contribution in [1.82, 2.24) is 9.21 Å². The molecule has 0 bridgehead atoms. The Morgan fingerprint density at radius 3 is 2.54 bits per heavy atom. The number of ether oxygens (including phenoxy) is 1. The Labute approximate surface area is 158 Å². The maximum atomic E-state index is 13.1. The van der Waals surface area contributed by atoms with E-state index in [1.54, 1.807) is 23.5 Å². The van der Waals surface area contributed by atoms with E-state index < -0.39 is 10.0 Å². The molecule has 0 unspecified atom stereocenters. The number of hydrogen-bond donors (Lipinski definition) is 0. The minimum absolute atomic E-state index is 0.00197. The first kappa shape index (κ1) is 18.9. The molecule has 2 aromatic rings. The quantitative estimate of drug-likeness (QED) is 0.724. The third kappa shape index (κ3) is 3.77. The Morgan fingerprint density at radius 2 is 2.00 bits per heavy atom. The van der Waals surface area contributed by atoms with Crippen LogP contribution in [-0.2, 0) is 16.6 Å². The lowest BCUT2D eigenvalue weighted by Gasteiger charge is -2.23. The molecule has 6 nitrogen and oxygen atoms in total. The highest BCUT2D eigenvalue weighted by atomic mass is 32.2. The predicted octanol–water partition coefficient (Wildman–Crippen LogP) is 2.81. The Morgan fingerprint density at radius 1 is 1.27 bits per heavy atom. The van der Waals surface area contributed by atoms with Gasteiger partial charge in [-0.1, -0.05) is 0 Å². The minimum atomic E-state index is -3.72. The molecule has 8 heteroatoms. The fraction of sp³-hybridized carbons (Fsp3) is 0.389. The molecule has 1 amide bonds. The third-order valence-electron chi connectivity index (χ3n) is 4.35. The molecule has 1 aliphatic carbocycles. The molecule has 1 aromatic carbocycles. The molecule has 1 saturated carbocycles. The van der Waals surface area contributed by atoms with E-state index in [-0.39, 0.29) is 22.6 Å². The van der Waals surface area contributed by atoms with Gasteiger partial charge in [-0.3, -0.25) is 4.79 Å². The molecule has 0 saturated heterocycles. The van der Waals surface area contributed by atoms with Crippen molar-refractivity contribution < 1.29 is 17.9 Å². The number of hydrogen-bond acceptors (Lipinski definition) is 5. The molecule has 0 aliphatic heterocycles. The van der Waals surface area contributed by atoms with E-state index >= 15 is 0 Å². The fourth-order valence-electron chi connectivity index (χ4n) is 2.71. The molecule has 0 N–H and O–H groups in total. The van der Waals surface area contributed by atoms with Crippen LogP contribution in [0.25, 0.3) is 0 Å². The average Bonchev–Trinajstić information content (AvgIpc) is 3.34. The summed E-state index contributed by atoms with van der Waals surface area (Å²) in [5.41, 5.74) is 1.44. The Balaban J connectivity index is 1.96. The van der Waals surface area contributed by atoms with Gasteiger partial charge < -0.3 is 9.64 Å². The summed E-state index contributed by atoms with van der Waals surface area (Å²) < 4.78 is 31.5. The summed E-state index contributed by atoms with van der Waals surface area (Å²) in [6.07, 6.45) is 1.96. The fourth-order valence-corrected chi connectivity index (χ4v) is 4.44. The maximum Gasteiger partial charge on any atom is 0.254 e. The molecular formula is C18H22N2O4S2. The van der Waals surface area contributed by atoms with Gasteiger partial charge in [0.25, 0.3) is 5.91 Å². The van der Waals surface area contributed by atoms with E-state index in [1.165, 1.54) is 27.3 Å². The lowest BCUT2D eigenvalue weighted by Crippen LogP contribution is -2.32. The highest BCUT2D eigenvalue weighted by Crippen LogP contribution is 2.32. The van der Waals surface area contributed by atoms with E-state index in [0.717, 1.165) is 22.7 Å². The van der Waals surface area contributed by atoms with E-state index in [0.29, 0.717) is 12.1 Å². The van der Waals surface area contributed by atoms with Crippen LogP contribution in [-0.4, -0.2) is 50.8 Å². The minimum Gasteiger partial charge on any atom is -0.495 e.